The Kier molecular flexibility index (Phi) is 4.12. The summed E-state index contributed by atoms with van der Waals surface area (Å²) >= 11 is 11.5. The zero-order valence-electron chi connectivity index (χ0n) is 9.55. The van der Waals surface area contributed by atoms with Gasteiger partial charge in [-0.05, 0) is 12.1 Å². The van der Waals surface area contributed by atoms with Gasteiger partial charge in [-0.1, -0.05) is 35.3 Å². The molecular weight excluding hydrogens is 295 g/mol. The van der Waals surface area contributed by atoms with Crippen molar-refractivity contribution in [2.45, 2.75) is 6.54 Å². The fourth-order valence-electron chi connectivity index (χ4n) is 1.60. The van der Waals surface area contributed by atoms with E-state index < -0.39 is 11.6 Å². The molecule has 6 heteroatoms. The quantitative estimate of drug-likeness (QED) is 0.869. The molecule has 0 atom stereocenters. The standard InChI is InChI=1S/C13H9Cl2F2NO/c14-9-3-1-2-7(13(9)19)6-18-12-10(15)4-8(16)5-11(12)17/h1-5,18-19H,6H2. The lowest BCUT2D eigenvalue weighted by molar-refractivity contribution is 0.469. The van der Waals surface area contributed by atoms with Crippen LogP contribution in [0.15, 0.2) is 30.3 Å². The largest absolute Gasteiger partial charge is 0.506 e. The van der Waals surface area contributed by atoms with Gasteiger partial charge in [-0.25, -0.2) is 8.78 Å². The molecule has 0 aliphatic heterocycles. The van der Waals surface area contributed by atoms with E-state index in [1.807, 2.05) is 0 Å². The fraction of sp³-hybridized carbons (Fsp3) is 0.0769. The molecule has 100 valence electrons. The van der Waals surface area contributed by atoms with Crippen LogP contribution in [0, 0.1) is 11.6 Å². The first-order valence-corrected chi connectivity index (χ1v) is 6.09. The smallest absolute Gasteiger partial charge is 0.150 e. The Morgan fingerprint density at radius 2 is 1.84 bits per heavy atom. The number of phenols is 1. The predicted octanol–water partition coefficient (Wildman–Crippen LogP) is 4.59. The van der Waals surface area contributed by atoms with Crippen molar-refractivity contribution in [2.75, 3.05) is 5.32 Å². The summed E-state index contributed by atoms with van der Waals surface area (Å²) in [6.07, 6.45) is 0. The summed E-state index contributed by atoms with van der Waals surface area (Å²) in [5.74, 6) is -1.64. The number of nitrogens with one attached hydrogen (secondary N) is 1. The van der Waals surface area contributed by atoms with Crippen LogP contribution in [0.4, 0.5) is 14.5 Å². The van der Waals surface area contributed by atoms with E-state index >= 15 is 0 Å². The number of para-hydroxylation sites is 1. The highest BCUT2D eigenvalue weighted by atomic mass is 35.5. The highest BCUT2D eigenvalue weighted by Gasteiger charge is 2.11. The molecule has 2 rings (SSSR count). The van der Waals surface area contributed by atoms with Crippen LogP contribution in [0.1, 0.15) is 5.56 Å². The second-order valence-corrected chi connectivity index (χ2v) is 4.66. The lowest BCUT2D eigenvalue weighted by Gasteiger charge is -2.11. The van der Waals surface area contributed by atoms with Gasteiger partial charge in [0.1, 0.15) is 11.6 Å². The highest BCUT2D eigenvalue weighted by Crippen LogP contribution is 2.30. The minimum Gasteiger partial charge on any atom is -0.506 e. The molecule has 2 nitrogen and oxygen atoms in total. The SMILES string of the molecule is Oc1c(Cl)cccc1CNc1c(F)cc(F)cc1Cl. The molecule has 0 saturated carbocycles. The normalized spacial score (nSPS) is 10.5. The first kappa shape index (κ1) is 13.9. The van der Waals surface area contributed by atoms with Crippen LogP contribution in [-0.4, -0.2) is 5.11 Å². The molecule has 2 aromatic rings. The van der Waals surface area contributed by atoms with Crippen molar-refractivity contribution < 1.29 is 13.9 Å². The molecule has 0 amide bonds. The van der Waals surface area contributed by atoms with Crippen molar-refractivity contribution in [2.24, 2.45) is 0 Å². The maximum Gasteiger partial charge on any atom is 0.150 e. The summed E-state index contributed by atoms with van der Waals surface area (Å²) in [6.45, 7) is 0.106. The Morgan fingerprint density at radius 1 is 1.11 bits per heavy atom. The van der Waals surface area contributed by atoms with Crippen LogP contribution in [0.2, 0.25) is 10.0 Å². The molecule has 0 unspecified atom stereocenters. The molecule has 2 aromatic carbocycles. The Balaban J connectivity index is 2.22. The Labute approximate surface area is 118 Å². The molecule has 0 fully saturated rings. The first-order chi connectivity index (χ1) is 8.99. The summed E-state index contributed by atoms with van der Waals surface area (Å²) in [4.78, 5) is 0. The van der Waals surface area contributed by atoms with Crippen molar-refractivity contribution in [3.05, 3.63) is 57.6 Å². The van der Waals surface area contributed by atoms with Crippen molar-refractivity contribution in [3.63, 3.8) is 0 Å². The molecule has 0 aliphatic carbocycles. The van der Waals surface area contributed by atoms with Crippen molar-refractivity contribution in [1.82, 2.24) is 0 Å². The number of benzene rings is 2. The highest BCUT2D eigenvalue weighted by molar-refractivity contribution is 6.33. The maximum absolute atomic E-state index is 13.5. The van der Waals surface area contributed by atoms with Gasteiger partial charge in [0.25, 0.3) is 0 Å². The van der Waals surface area contributed by atoms with Gasteiger partial charge < -0.3 is 10.4 Å². The number of phenolic OH excluding ortho intramolecular Hbond substituents is 1. The van der Waals surface area contributed by atoms with Gasteiger partial charge in [0, 0.05) is 18.2 Å². The molecular formula is C13H9Cl2F2NO. The molecule has 0 saturated heterocycles. The summed E-state index contributed by atoms with van der Waals surface area (Å²) in [6, 6.07) is 6.55. The lowest BCUT2D eigenvalue weighted by Crippen LogP contribution is -2.03. The van der Waals surface area contributed by atoms with Crippen LogP contribution in [0.25, 0.3) is 0 Å². The molecule has 2 N–H and O–H groups in total. The lowest BCUT2D eigenvalue weighted by atomic mass is 10.2. The molecule has 0 aromatic heterocycles. The molecule has 0 radical (unpaired) electrons. The molecule has 0 bridgehead atoms. The number of rotatable bonds is 3. The number of hydrogen-bond acceptors (Lipinski definition) is 2. The molecule has 0 spiro atoms. The van der Waals surface area contributed by atoms with Gasteiger partial charge in [0.15, 0.2) is 5.82 Å². The third-order valence-electron chi connectivity index (χ3n) is 2.53. The Hall–Kier alpha value is -1.52. The minimum atomic E-state index is -0.800. The van der Waals surface area contributed by atoms with E-state index in [1.54, 1.807) is 12.1 Å². The number of aromatic hydroxyl groups is 1. The average molecular weight is 304 g/mol. The fourth-order valence-corrected chi connectivity index (χ4v) is 2.05. The van der Waals surface area contributed by atoms with Crippen LogP contribution in [-0.2, 0) is 6.54 Å². The van der Waals surface area contributed by atoms with Crippen LogP contribution >= 0.6 is 23.2 Å². The van der Waals surface area contributed by atoms with Crippen LogP contribution in [0.5, 0.6) is 5.75 Å². The predicted molar refractivity (Wildman–Crippen MR) is 71.8 cm³/mol. The van der Waals surface area contributed by atoms with E-state index in [2.05, 4.69) is 5.32 Å². The third-order valence-corrected chi connectivity index (χ3v) is 3.14. The van der Waals surface area contributed by atoms with Gasteiger partial charge in [0.2, 0.25) is 0 Å². The summed E-state index contributed by atoms with van der Waals surface area (Å²) < 4.78 is 26.4. The Morgan fingerprint density at radius 3 is 2.53 bits per heavy atom. The van der Waals surface area contributed by atoms with Crippen LogP contribution in [0.3, 0.4) is 0 Å². The summed E-state index contributed by atoms with van der Waals surface area (Å²) in [5, 5.41) is 12.5. The topological polar surface area (TPSA) is 32.3 Å². The second-order valence-electron chi connectivity index (χ2n) is 3.85. The van der Waals surface area contributed by atoms with E-state index in [9.17, 15) is 13.9 Å². The Bertz CT molecular complexity index is 597. The van der Waals surface area contributed by atoms with Crippen molar-refractivity contribution >= 4 is 28.9 Å². The van der Waals surface area contributed by atoms with Gasteiger partial charge in [-0.15, -0.1) is 0 Å². The van der Waals surface area contributed by atoms with Gasteiger partial charge in [-0.2, -0.15) is 0 Å². The van der Waals surface area contributed by atoms with Crippen LogP contribution < -0.4 is 5.32 Å². The number of halogens is 4. The van der Waals surface area contributed by atoms with E-state index in [0.717, 1.165) is 12.1 Å². The zero-order chi connectivity index (χ0) is 14.0. The third kappa shape index (κ3) is 3.08. The zero-order valence-corrected chi connectivity index (χ0v) is 11.1. The van der Waals surface area contributed by atoms with E-state index in [1.165, 1.54) is 6.07 Å². The van der Waals surface area contributed by atoms with Gasteiger partial charge in [-0.3, -0.25) is 0 Å². The van der Waals surface area contributed by atoms with E-state index in [0.29, 0.717) is 5.56 Å². The average Bonchev–Trinajstić information content (AvgIpc) is 2.33. The molecule has 19 heavy (non-hydrogen) atoms. The second kappa shape index (κ2) is 5.63. The van der Waals surface area contributed by atoms with E-state index in [-0.39, 0.29) is 28.0 Å². The number of hydrogen-bond donors (Lipinski definition) is 2. The van der Waals surface area contributed by atoms with Gasteiger partial charge in [0.05, 0.1) is 15.7 Å². The minimum absolute atomic E-state index is 0.0255. The van der Waals surface area contributed by atoms with Crippen molar-refractivity contribution in [1.29, 1.82) is 0 Å². The monoisotopic (exact) mass is 303 g/mol. The molecule has 0 aliphatic rings. The molecule has 0 heterocycles. The maximum atomic E-state index is 13.5. The van der Waals surface area contributed by atoms with Crippen molar-refractivity contribution in [3.8, 4) is 5.75 Å². The van der Waals surface area contributed by atoms with E-state index in [4.69, 9.17) is 23.2 Å². The first-order valence-electron chi connectivity index (χ1n) is 5.34. The summed E-state index contributed by atoms with van der Waals surface area (Å²) in [5.41, 5.74) is 0.453. The van der Waals surface area contributed by atoms with Gasteiger partial charge >= 0.3 is 0 Å². The number of anilines is 1. The summed E-state index contributed by atoms with van der Waals surface area (Å²) in [7, 11) is 0.